The van der Waals surface area contributed by atoms with E-state index in [1.54, 1.807) is 68.6 Å². The Hall–Kier alpha value is -3.43. The first-order valence-electron chi connectivity index (χ1n) is 11.4. The molecule has 0 aliphatic heterocycles. The lowest BCUT2D eigenvalue weighted by Gasteiger charge is -2.31. The summed E-state index contributed by atoms with van der Waals surface area (Å²) in [6.45, 7) is 3.38. The van der Waals surface area contributed by atoms with Crippen LogP contribution in [0.1, 0.15) is 29.8 Å². The van der Waals surface area contributed by atoms with Gasteiger partial charge in [-0.15, -0.1) is 11.8 Å². The molecule has 0 saturated carbocycles. The molecule has 3 rings (SSSR count). The van der Waals surface area contributed by atoms with Gasteiger partial charge in [0.1, 0.15) is 18.9 Å². The fourth-order valence-corrected chi connectivity index (χ4v) is 4.30. The van der Waals surface area contributed by atoms with E-state index in [2.05, 4.69) is 0 Å². The van der Waals surface area contributed by atoms with Crippen molar-refractivity contribution in [1.29, 1.82) is 0 Å². The van der Waals surface area contributed by atoms with E-state index in [-0.39, 0.29) is 13.2 Å². The molecule has 0 saturated heterocycles. The van der Waals surface area contributed by atoms with E-state index in [0.717, 1.165) is 11.1 Å². The number of carboxylic acid groups (broad SMARTS) is 1. The minimum Gasteiger partial charge on any atom is -0.489 e. The third-order valence-electron chi connectivity index (χ3n) is 5.72. The molecule has 3 aromatic rings. The third-order valence-corrected chi connectivity index (χ3v) is 6.50. The van der Waals surface area contributed by atoms with E-state index >= 15 is 0 Å². The number of benzene rings is 3. The van der Waals surface area contributed by atoms with Crippen LogP contribution in [-0.2, 0) is 16.1 Å². The van der Waals surface area contributed by atoms with Crippen molar-refractivity contribution < 1.29 is 33.0 Å². The maximum absolute atomic E-state index is 13.8. The lowest BCUT2D eigenvalue weighted by Crippen LogP contribution is -2.45. The number of halogens is 2. The van der Waals surface area contributed by atoms with Crippen LogP contribution in [-0.4, -0.2) is 53.9 Å². The van der Waals surface area contributed by atoms with Gasteiger partial charge in [0.2, 0.25) is 0 Å². The topological polar surface area (TPSA) is 76.1 Å². The molecule has 0 bridgehead atoms. The van der Waals surface area contributed by atoms with E-state index < -0.39 is 35.7 Å². The van der Waals surface area contributed by atoms with Crippen molar-refractivity contribution in [1.82, 2.24) is 4.90 Å². The molecule has 1 N–H and O–H groups in total. The van der Waals surface area contributed by atoms with Crippen LogP contribution in [0.3, 0.4) is 0 Å². The van der Waals surface area contributed by atoms with Crippen LogP contribution in [0.2, 0.25) is 0 Å². The Kier molecular flexibility index (Phi) is 9.29. The van der Waals surface area contributed by atoms with Crippen LogP contribution in [0.5, 0.6) is 5.75 Å². The minimum atomic E-state index is -1.11. The summed E-state index contributed by atoms with van der Waals surface area (Å²) in [7, 11) is 1.51. The lowest BCUT2D eigenvalue weighted by atomic mass is 10.1. The smallest absolute Gasteiger partial charge is 0.323 e. The summed E-state index contributed by atoms with van der Waals surface area (Å²) in [4.78, 5) is 26.3. The molecule has 0 atom stereocenters. The van der Waals surface area contributed by atoms with Crippen LogP contribution in [0.15, 0.2) is 65.6 Å². The summed E-state index contributed by atoms with van der Waals surface area (Å²) in [5.41, 5.74) is 1.66. The molecule has 0 spiro atoms. The van der Waals surface area contributed by atoms with Gasteiger partial charge in [-0.25, -0.2) is 8.78 Å². The molecular weight excluding hydrogens is 500 g/mol. The summed E-state index contributed by atoms with van der Waals surface area (Å²) in [6.07, 6.45) is 1.80. The van der Waals surface area contributed by atoms with E-state index in [9.17, 15) is 23.5 Å². The molecule has 0 aliphatic carbocycles. The van der Waals surface area contributed by atoms with Crippen molar-refractivity contribution in [3.8, 4) is 16.9 Å². The van der Waals surface area contributed by atoms with Gasteiger partial charge in [0.05, 0.1) is 12.1 Å². The normalized spacial score (nSPS) is 11.3. The van der Waals surface area contributed by atoms with Gasteiger partial charge in [-0.3, -0.25) is 9.59 Å². The lowest BCUT2D eigenvalue weighted by molar-refractivity contribution is -0.138. The number of carbonyl (C=O) groups excluding carboxylic acids is 1. The summed E-state index contributed by atoms with van der Waals surface area (Å²) in [6, 6.07) is 16.2. The summed E-state index contributed by atoms with van der Waals surface area (Å²) in [5, 5.41) is 9.27. The van der Waals surface area contributed by atoms with Crippen LogP contribution in [0.25, 0.3) is 11.1 Å². The number of hydrogen-bond acceptors (Lipinski definition) is 5. The Morgan fingerprint density at radius 2 is 1.70 bits per heavy atom. The Labute approximate surface area is 219 Å². The molecule has 0 radical (unpaired) electrons. The highest BCUT2D eigenvalue weighted by molar-refractivity contribution is 7.98. The predicted octanol–water partition coefficient (Wildman–Crippen LogP) is 5.88. The second-order valence-electron chi connectivity index (χ2n) is 9.00. The van der Waals surface area contributed by atoms with Crippen LogP contribution >= 0.6 is 11.8 Å². The highest BCUT2D eigenvalue weighted by Gasteiger charge is 2.27. The Morgan fingerprint density at radius 3 is 2.32 bits per heavy atom. The molecular formula is C28H29F2NO5S. The number of ether oxygens (including phenoxy) is 2. The maximum atomic E-state index is 13.8. The van der Waals surface area contributed by atoms with Gasteiger partial charge in [0.25, 0.3) is 5.91 Å². The number of carboxylic acids is 1. The molecule has 0 unspecified atom stereocenters. The fourth-order valence-electron chi connectivity index (χ4n) is 3.68. The van der Waals surface area contributed by atoms with Crippen molar-refractivity contribution in [2.45, 2.75) is 31.0 Å². The van der Waals surface area contributed by atoms with Crippen LogP contribution in [0.4, 0.5) is 8.78 Å². The minimum absolute atomic E-state index is 0.109. The van der Waals surface area contributed by atoms with E-state index in [0.29, 0.717) is 21.8 Å². The van der Waals surface area contributed by atoms with Gasteiger partial charge in [-0.05, 0) is 73.2 Å². The molecule has 37 heavy (non-hydrogen) atoms. The molecule has 0 aromatic heterocycles. The molecule has 9 heteroatoms. The van der Waals surface area contributed by atoms with Crippen molar-refractivity contribution in [3.05, 3.63) is 83.4 Å². The molecule has 1 amide bonds. The SMILES string of the molecule is COC(C)(C)CN(CC(=O)O)C(=O)c1cccc(COc2ccc(-c3cc(F)c(F)cc3SC)cc2)c1. The predicted molar refractivity (Wildman–Crippen MR) is 139 cm³/mol. The van der Waals surface area contributed by atoms with Gasteiger partial charge in [0, 0.05) is 17.6 Å². The average Bonchev–Trinajstić information content (AvgIpc) is 2.88. The summed E-state index contributed by atoms with van der Waals surface area (Å²) < 4.78 is 38.6. The first kappa shape index (κ1) is 28.1. The van der Waals surface area contributed by atoms with Crippen LogP contribution < -0.4 is 4.74 Å². The quantitative estimate of drug-likeness (QED) is 0.313. The van der Waals surface area contributed by atoms with Crippen molar-refractivity contribution >= 4 is 23.6 Å². The van der Waals surface area contributed by atoms with Gasteiger partial charge >= 0.3 is 5.97 Å². The number of rotatable bonds is 11. The third kappa shape index (κ3) is 7.53. The standard InChI is InChI=1S/C28H29F2NO5S/c1-28(2,35-3)17-31(15-26(32)33)27(34)20-7-5-6-18(12-20)16-36-21-10-8-19(9-11-21)22-13-23(29)24(30)14-25(22)37-4/h5-14H,15-17H2,1-4H3,(H,32,33). The molecule has 196 valence electrons. The van der Waals surface area contributed by atoms with Gasteiger partial charge in [-0.1, -0.05) is 24.3 Å². The van der Waals surface area contributed by atoms with Crippen LogP contribution in [0, 0.1) is 11.6 Å². The van der Waals surface area contributed by atoms with E-state index in [1.165, 1.54) is 35.9 Å². The van der Waals surface area contributed by atoms with Gasteiger partial charge in [-0.2, -0.15) is 0 Å². The first-order chi connectivity index (χ1) is 17.5. The zero-order valence-electron chi connectivity index (χ0n) is 21.1. The van der Waals surface area contributed by atoms with Crippen molar-refractivity contribution in [3.63, 3.8) is 0 Å². The molecule has 0 aliphatic rings. The largest absolute Gasteiger partial charge is 0.489 e. The fraction of sp³-hybridized carbons (Fsp3) is 0.286. The Bertz CT molecular complexity index is 1260. The zero-order valence-corrected chi connectivity index (χ0v) is 21.9. The van der Waals surface area contributed by atoms with Gasteiger partial charge in [0.15, 0.2) is 11.6 Å². The van der Waals surface area contributed by atoms with Gasteiger partial charge < -0.3 is 19.5 Å². The van der Waals surface area contributed by atoms with E-state index in [1.807, 2.05) is 0 Å². The second kappa shape index (κ2) is 12.2. The monoisotopic (exact) mass is 529 g/mol. The number of amides is 1. The maximum Gasteiger partial charge on any atom is 0.323 e. The zero-order chi connectivity index (χ0) is 27.2. The number of methoxy groups -OCH3 is 1. The first-order valence-corrected chi connectivity index (χ1v) is 12.7. The summed E-state index contributed by atoms with van der Waals surface area (Å²) >= 11 is 1.33. The highest BCUT2D eigenvalue weighted by Crippen LogP contribution is 2.33. The van der Waals surface area contributed by atoms with Crippen molar-refractivity contribution in [2.24, 2.45) is 0 Å². The van der Waals surface area contributed by atoms with E-state index in [4.69, 9.17) is 9.47 Å². The Morgan fingerprint density at radius 1 is 1.03 bits per heavy atom. The number of nitrogens with zero attached hydrogens (tertiary/aromatic N) is 1. The second-order valence-corrected chi connectivity index (χ2v) is 9.85. The molecule has 3 aromatic carbocycles. The number of thioether (sulfide) groups is 1. The number of aliphatic carboxylic acids is 1. The number of hydrogen-bond donors (Lipinski definition) is 1. The average molecular weight is 530 g/mol. The Balaban J connectivity index is 1.72. The molecule has 0 fully saturated rings. The molecule has 6 nitrogen and oxygen atoms in total. The highest BCUT2D eigenvalue weighted by atomic mass is 32.2. The molecule has 0 heterocycles. The number of carbonyl (C=O) groups is 2. The summed E-state index contributed by atoms with van der Waals surface area (Å²) in [5.74, 6) is -2.77. The van der Waals surface area contributed by atoms with Crippen molar-refractivity contribution in [2.75, 3.05) is 26.5 Å².